The van der Waals surface area contributed by atoms with E-state index in [1.54, 1.807) is 0 Å². The van der Waals surface area contributed by atoms with Crippen molar-refractivity contribution in [1.29, 1.82) is 0 Å². The molecule has 2 aromatic rings. The van der Waals surface area contributed by atoms with Crippen molar-refractivity contribution in [3.05, 3.63) is 63.7 Å². The highest BCUT2D eigenvalue weighted by Crippen LogP contribution is 2.40. The molecule has 0 aliphatic carbocycles. The molecule has 3 nitrogen and oxygen atoms in total. The molecule has 0 saturated heterocycles. The number of benzene rings is 2. The van der Waals surface area contributed by atoms with Crippen molar-refractivity contribution in [2.45, 2.75) is 25.8 Å². The average Bonchev–Trinajstić information content (AvgIpc) is 2.74. The maximum atomic E-state index is 11.9. The third kappa shape index (κ3) is 2.33. The first kappa shape index (κ1) is 14.1. The first-order chi connectivity index (χ1) is 9.99. The lowest BCUT2D eigenvalue weighted by atomic mass is 9.92. The Morgan fingerprint density at radius 1 is 1.24 bits per heavy atom. The van der Waals surface area contributed by atoms with Gasteiger partial charge in [-0.1, -0.05) is 35.9 Å². The maximum absolute atomic E-state index is 11.9. The second-order valence-electron chi connectivity index (χ2n) is 5.50. The Kier molecular flexibility index (Phi) is 3.47. The molecule has 0 bridgehead atoms. The summed E-state index contributed by atoms with van der Waals surface area (Å²) in [6.45, 7) is 3.90. The normalized spacial score (nSPS) is 18.3. The molecule has 0 saturated carbocycles. The molecule has 3 N–H and O–H groups in total. The summed E-state index contributed by atoms with van der Waals surface area (Å²) in [6.07, 6.45) is 0. The van der Waals surface area contributed by atoms with E-state index in [0.29, 0.717) is 5.02 Å². The third-order valence-corrected chi connectivity index (χ3v) is 4.35. The van der Waals surface area contributed by atoms with Crippen LogP contribution in [-0.4, -0.2) is 5.91 Å². The number of carbonyl (C=O) groups excluding carboxylic acids is 1. The Morgan fingerprint density at radius 3 is 2.67 bits per heavy atom. The minimum absolute atomic E-state index is 0.00880. The van der Waals surface area contributed by atoms with Crippen molar-refractivity contribution in [2.24, 2.45) is 5.73 Å². The number of nitrogens with two attached hydrogens (primary N) is 1. The van der Waals surface area contributed by atoms with Crippen molar-refractivity contribution in [3.63, 3.8) is 0 Å². The molecule has 2 aromatic carbocycles. The summed E-state index contributed by atoms with van der Waals surface area (Å²) < 4.78 is 0. The largest absolute Gasteiger partial charge is 0.325 e. The van der Waals surface area contributed by atoms with E-state index in [1.165, 1.54) is 0 Å². The second-order valence-corrected chi connectivity index (χ2v) is 5.94. The van der Waals surface area contributed by atoms with Gasteiger partial charge >= 0.3 is 0 Å². The number of carbonyl (C=O) groups is 1. The number of fused-ring (bicyclic) bond motifs is 1. The van der Waals surface area contributed by atoms with Crippen LogP contribution in [0.4, 0.5) is 5.69 Å². The molecule has 2 atom stereocenters. The molecule has 3 rings (SSSR count). The van der Waals surface area contributed by atoms with Gasteiger partial charge in [-0.3, -0.25) is 4.79 Å². The third-order valence-electron chi connectivity index (χ3n) is 4.13. The molecular formula is C17H17ClN2O. The van der Waals surface area contributed by atoms with Gasteiger partial charge in [0.15, 0.2) is 0 Å². The molecule has 0 spiro atoms. The van der Waals surface area contributed by atoms with Gasteiger partial charge in [0.2, 0.25) is 5.91 Å². The fourth-order valence-corrected chi connectivity index (χ4v) is 3.09. The monoisotopic (exact) mass is 300 g/mol. The van der Waals surface area contributed by atoms with E-state index in [2.05, 4.69) is 5.32 Å². The van der Waals surface area contributed by atoms with Crippen LogP contribution in [0, 0.1) is 6.92 Å². The predicted octanol–water partition coefficient (Wildman–Crippen LogP) is 3.75. The summed E-state index contributed by atoms with van der Waals surface area (Å²) >= 11 is 6.22. The number of amides is 1. The lowest BCUT2D eigenvalue weighted by molar-refractivity contribution is -0.116. The Balaban J connectivity index is 2.14. The number of anilines is 1. The van der Waals surface area contributed by atoms with Crippen LogP contribution >= 0.6 is 11.6 Å². The van der Waals surface area contributed by atoms with E-state index in [4.69, 9.17) is 17.3 Å². The first-order valence-corrected chi connectivity index (χ1v) is 7.32. The molecule has 0 aromatic heterocycles. The predicted molar refractivity (Wildman–Crippen MR) is 85.7 cm³/mol. The van der Waals surface area contributed by atoms with Gasteiger partial charge < -0.3 is 11.1 Å². The van der Waals surface area contributed by atoms with Crippen LogP contribution in [0.25, 0.3) is 0 Å². The molecule has 0 fully saturated rings. The average molecular weight is 301 g/mol. The number of aryl methyl sites for hydroxylation is 1. The van der Waals surface area contributed by atoms with Gasteiger partial charge in [-0.15, -0.1) is 0 Å². The van der Waals surface area contributed by atoms with Gasteiger partial charge in [0.1, 0.15) is 0 Å². The summed E-state index contributed by atoms with van der Waals surface area (Å²) in [5, 5.41) is 3.54. The zero-order valence-corrected chi connectivity index (χ0v) is 12.7. The second kappa shape index (κ2) is 5.17. The smallest absolute Gasteiger partial charge is 0.231 e. The topological polar surface area (TPSA) is 55.1 Å². The molecule has 4 heteroatoms. The number of hydrogen-bond acceptors (Lipinski definition) is 2. The molecule has 108 valence electrons. The number of halogens is 1. The van der Waals surface area contributed by atoms with E-state index < -0.39 is 0 Å². The quantitative estimate of drug-likeness (QED) is 0.887. The standard InChI is InChI=1S/C17H17ClN2O/c1-9-5-3-4-6-12(9)15(19)14-8-11(18)7-13-10(2)17(21)20-16(13)14/h3-8,10,15H,19H2,1-2H3,(H,20,21). The highest BCUT2D eigenvalue weighted by atomic mass is 35.5. The molecule has 2 unspecified atom stereocenters. The Labute approximate surface area is 129 Å². The Morgan fingerprint density at radius 2 is 1.95 bits per heavy atom. The van der Waals surface area contributed by atoms with Crippen LogP contribution in [0.3, 0.4) is 0 Å². The van der Waals surface area contributed by atoms with Gasteiger partial charge in [0.25, 0.3) is 0 Å². The van der Waals surface area contributed by atoms with E-state index in [-0.39, 0.29) is 17.9 Å². The van der Waals surface area contributed by atoms with Crippen LogP contribution in [0.5, 0.6) is 0 Å². The van der Waals surface area contributed by atoms with Gasteiger partial charge in [-0.25, -0.2) is 0 Å². The molecule has 1 aliphatic rings. The number of hydrogen-bond donors (Lipinski definition) is 2. The zero-order chi connectivity index (χ0) is 15.1. The van der Waals surface area contributed by atoms with Crippen molar-refractivity contribution in [3.8, 4) is 0 Å². The lowest BCUT2D eigenvalue weighted by Gasteiger charge is -2.19. The van der Waals surface area contributed by atoms with Crippen LogP contribution in [0.1, 0.15) is 41.1 Å². The summed E-state index contributed by atoms with van der Waals surface area (Å²) in [5.41, 5.74) is 11.2. The van der Waals surface area contributed by atoms with Gasteiger partial charge in [0, 0.05) is 10.7 Å². The van der Waals surface area contributed by atoms with Crippen LogP contribution in [0.2, 0.25) is 5.02 Å². The van der Waals surface area contributed by atoms with Crippen molar-refractivity contribution in [2.75, 3.05) is 5.32 Å². The minimum atomic E-state index is -0.316. The summed E-state index contributed by atoms with van der Waals surface area (Å²) in [5.74, 6) is -0.202. The first-order valence-electron chi connectivity index (χ1n) is 6.94. The molecule has 1 heterocycles. The Hall–Kier alpha value is -1.84. The lowest BCUT2D eigenvalue weighted by Crippen LogP contribution is -2.15. The van der Waals surface area contributed by atoms with Crippen molar-refractivity contribution < 1.29 is 4.79 Å². The fraction of sp³-hybridized carbons (Fsp3) is 0.235. The molecule has 1 aliphatic heterocycles. The fourth-order valence-electron chi connectivity index (χ4n) is 2.86. The maximum Gasteiger partial charge on any atom is 0.231 e. The molecule has 21 heavy (non-hydrogen) atoms. The Bertz CT molecular complexity index is 727. The SMILES string of the molecule is Cc1ccccc1C(N)c1cc(Cl)cc2c1NC(=O)C2C. The van der Waals surface area contributed by atoms with Crippen LogP contribution in [0.15, 0.2) is 36.4 Å². The van der Waals surface area contributed by atoms with Crippen molar-refractivity contribution in [1.82, 2.24) is 0 Å². The number of rotatable bonds is 2. The van der Waals surface area contributed by atoms with Gasteiger partial charge in [0.05, 0.1) is 12.0 Å². The van der Waals surface area contributed by atoms with Crippen LogP contribution < -0.4 is 11.1 Å². The zero-order valence-electron chi connectivity index (χ0n) is 12.0. The van der Waals surface area contributed by atoms with Gasteiger partial charge in [-0.05, 0) is 48.2 Å². The van der Waals surface area contributed by atoms with E-state index >= 15 is 0 Å². The summed E-state index contributed by atoms with van der Waals surface area (Å²) in [7, 11) is 0. The molecular weight excluding hydrogens is 284 g/mol. The van der Waals surface area contributed by atoms with Gasteiger partial charge in [-0.2, -0.15) is 0 Å². The summed E-state index contributed by atoms with van der Waals surface area (Å²) in [6, 6.07) is 11.4. The summed E-state index contributed by atoms with van der Waals surface area (Å²) in [4.78, 5) is 11.9. The highest BCUT2D eigenvalue weighted by molar-refractivity contribution is 6.31. The van der Waals surface area contributed by atoms with E-state index in [1.807, 2.05) is 50.2 Å². The minimum Gasteiger partial charge on any atom is -0.325 e. The molecule has 1 amide bonds. The van der Waals surface area contributed by atoms with E-state index in [0.717, 1.165) is 27.9 Å². The highest BCUT2D eigenvalue weighted by Gasteiger charge is 2.31. The molecule has 0 radical (unpaired) electrons. The van der Waals surface area contributed by atoms with Crippen molar-refractivity contribution >= 4 is 23.2 Å². The van der Waals surface area contributed by atoms with E-state index in [9.17, 15) is 4.79 Å². The number of nitrogens with one attached hydrogen (secondary N) is 1. The van der Waals surface area contributed by atoms with Crippen LogP contribution in [-0.2, 0) is 4.79 Å².